The molecule has 9 nitrogen and oxygen atoms in total. The molecule has 3 heterocycles. The minimum atomic E-state index is -3.85. The number of aromatic nitrogens is 2. The van der Waals surface area contributed by atoms with E-state index in [9.17, 15) is 18.5 Å². The second-order valence-corrected chi connectivity index (χ2v) is 10.7. The van der Waals surface area contributed by atoms with Crippen LogP contribution in [0.2, 0.25) is 0 Å². The zero-order valence-corrected chi connectivity index (χ0v) is 18.7. The van der Waals surface area contributed by atoms with Crippen molar-refractivity contribution in [3.05, 3.63) is 33.5 Å². The molecular weight excluding hydrogens is 424 g/mol. The molecule has 1 saturated heterocycles. The van der Waals surface area contributed by atoms with Gasteiger partial charge in [-0.15, -0.1) is 11.3 Å². The summed E-state index contributed by atoms with van der Waals surface area (Å²) in [6.45, 7) is 1.81. The van der Waals surface area contributed by atoms with Gasteiger partial charge in [0.25, 0.3) is 10.2 Å². The van der Waals surface area contributed by atoms with Gasteiger partial charge in [-0.05, 0) is 44.6 Å². The molecular formula is C19H24N6O3S2. The van der Waals surface area contributed by atoms with E-state index in [1.54, 1.807) is 17.9 Å². The first kappa shape index (κ1) is 21.0. The Morgan fingerprint density at radius 1 is 1.37 bits per heavy atom. The fourth-order valence-corrected chi connectivity index (χ4v) is 6.75. The van der Waals surface area contributed by atoms with Gasteiger partial charge in [0.1, 0.15) is 17.1 Å². The lowest BCUT2D eigenvalue weighted by molar-refractivity contribution is -0.120. The number of anilines is 1. The van der Waals surface area contributed by atoms with E-state index in [0.29, 0.717) is 16.3 Å². The summed E-state index contributed by atoms with van der Waals surface area (Å²) in [5, 5.41) is 17.3. The molecule has 0 bridgehead atoms. The largest absolute Gasteiger partial charge is 0.315 e. The molecule has 4 rings (SSSR count). The third kappa shape index (κ3) is 3.65. The van der Waals surface area contributed by atoms with Gasteiger partial charge < -0.3 is 5.32 Å². The molecule has 0 radical (unpaired) electrons. The number of fused-ring (bicyclic) bond motifs is 1. The second-order valence-electron chi connectivity index (χ2n) is 7.80. The van der Waals surface area contributed by atoms with Crippen LogP contribution in [0.4, 0.5) is 5.00 Å². The van der Waals surface area contributed by atoms with Crippen molar-refractivity contribution in [2.75, 3.05) is 12.4 Å². The maximum absolute atomic E-state index is 13.1. The van der Waals surface area contributed by atoms with E-state index in [0.717, 1.165) is 46.0 Å². The standard InChI is InChI=1S/C19H24N6O3S2/c1-11-14(10-24(2)22-11)15-8-16(25(3)30(27,28)23-15)18(26)21-19-13(9-20)12-6-4-5-7-17(12)29-19/h10,15-16,23H,4-8H2,1-3H3,(H,21,26)/t15-,16+/m0/s1. The van der Waals surface area contributed by atoms with Crippen molar-refractivity contribution in [1.82, 2.24) is 18.8 Å². The predicted molar refractivity (Wildman–Crippen MR) is 113 cm³/mol. The highest BCUT2D eigenvalue weighted by molar-refractivity contribution is 7.87. The maximum atomic E-state index is 13.1. The van der Waals surface area contributed by atoms with Gasteiger partial charge in [0.15, 0.2) is 0 Å². The quantitative estimate of drug-likeness (QED) is 0.741. The van der Waals surface area contributed by atoms with Gasteiger partial charge in [-0.1, -0.05) is 0 Å². The Labute approximate surface area is 179 Å². The molecule has 11 heteroatoms. The minimum Gasteiger partial charge on any atom is -0.315 e. The lowest BCUT2D eigenvalue weighted by atomic mass is 9.96. The van der Waals surface area contributed by atoms with Crippen LogP contribution in [-0.4, -0.2) is 41.5 Å². The summed E-state index contributed by atoms with van der Waals surface area (Å²) >= 11 is 1.43. The number of aryl methyl sites for hydroxylation is 3. The van der Waals surface area contributed by atoms with Crippen LogP contribution >= 0.6 is 11.3 Å². The highest BCUT2D eigenvalue weighted by atomic mass is 32.2. The SMILES string of the molecule is Cc1nn(C)cc1[C@@H]1C[C@H](C(=O)Nc2sc3c(c2C#N)CCCC3)N(C)S(=O)(=O)N1. The van der Waals surface area contributed by atoms with Gasteiger partial charge in [0.2, 0.25) is 5.91 Å². The zero-order chi connectivity index (χ0) is 21.6. The topological polar surface area (TPSA) is 120 Å². The molecule has 30 heavy (non-hydrogen) atoms. The molecule has 1 aliphatic heterocycles. The molecule has 160 valence electrons. The molecule has 1 fully saturated rings. The monoisotopic (exact) mass is 448 g/mol. The van der Waals surface area contributed by atoms with Crippen LogP contribution in [0.3, 0.4) is 0 Å². The predicted octanol–water partition coefficient (Wildman–Crippen LogP) is 1.76. The number of hydrogen-bond donors (Lipinski definition) is 2. The maximum Gasteiger partial charge on any atom is 0.280 e. The van der Waals surface area contributed by atoms with Crippen molar-refractivity contribution in [2.45, 2.75) is 51.1 Å². The fraction of sp³-hybridized carbons (Fsp3) is 0.526. The van der Waals surface area contributed by atoms with E-state index >= 15 is 0 Å². The van der Waals surface area contributed by atoms with E-state index in [-0.39, 0.29) is 6.42 Å². The number of carbonyl (C=O) groups is 1. The molecule has 2 aromatic rings. The Morgan fingerprint density at radius 3 is 2.77 bits per heavy atom. The third-order valence-corrected chi connectivity index (χ3v) is 8.62. The first-order valence-electron chi connectivity index (χ1n) is 9.82. The summed E-state index contributed by atoms with van der Waals surface area (Å²) in [5.74, 6) is -0.427. The van der Waals surface area contributed by atoms with Crippen LogP contribution in [0.5, 0.6) is 0 Å². The van der Waals surface area contributed by atoms with Gasteiger partial charge in [-0.3, -0.25) is 9.48 Å². The molecule has 0 unspecified atom stereocenters. The van der Waals surface area contributed by atoms with E-state index in [1.165, 1.54) is 18.4 Å². The molecule has 2 N–H and O–H groups in total. The lowest BCUT2D eigenvalue weighted by Crippen LogP contribution is -2.56. The number of nitriles is 1. The molecule has 0 saturated carbocycles. The van der Waals surface area contributed by atoms with Crippen LogP contribution in [-0.2, 0) is 34.9 Å². The Bertz CT molecular complexity index is 1140. The molecule has 2 atom stereocenters. The molecule has 0 spiro atoms. The summed E-state index contributed by atoms with van der Waals surface area (Å²) in [6, 6.07) is 0.775. The summed E-state index contributed by atoms with van der Waals surface area (Å²) in [6.07, 6.45) is 5.90. The van der Waals surface area contributed by atoms with Gasteiger partial charge >= 0.3 is 0 Å². The van der Waals surface area contributed by atoms with Crippen LogP contribution in [0.25, 0.3) is 0 Å². The highest BCUT2D eigenvalue weighted by Crippen LogP contribution is 2.38. The third-order valence-electron chi connectivity index (χ3n) is 5.82. The van der Waals surface area contributed by atoms with Crippen molar-refractivity contribution in [3.8, 4) is 6.07 Å². The van der Waals surface area contributed by atoms with E-state index in [1.807, 2.05) is 6.92 Å². The number of likely N-dealkylation sites (N-methyl/N-ethyl adjacent to an activating group) is 1. The van der Waals surface area contributed by atoms with Crippen molar-refractivity contribution in [2.24, 2.45) is 7.05 Å². The molecule has 1 aliphatic carbocycles. The zero-order valence-electron chi connectivity index (χ0n) is 17.1. The van der Waals surface area contributed by atoms with Crippen molar-refractivity contribution in [3.63, 3.8) is 0 Å². The first-order valence-corrected chi connectivity index (χ1v) is 12.1. The van der Waals surface area contributed by atoms with Crippen molar-refractivity contribution in [1.29, 1.82) is 5.26 Å². The number of nitrogens with zero attached hydrogens (tertiary/aromatic N) is 4. The van der Waals surface area contributed by atoms with Crippen LogP contribution in [0.1, 0.15) is 52.6 Å². The van der Waals surface area contributed by atoms with Crippen LogP contribution in [0, 0.1) is 18.3 Å². The number of thiophene rings is 1. The molecule has 2 aromatic heterocycles. The average molecular weight is 449 g/mol. The molecule has 2 aliphatic rings. The lowest BCUT2D eigenvalue weighted by Gasteiger charge is -2.35. The summed E-state index contributed by atoms with van der Waals surface area (Å²) < 4.78 is 30.7. The molecule has 0 aromatic carbocycles. The summed E-state index contributed by atoms with van der Waals surface area (Å²) in [4.78, 5) is 14.3. The Kier molecular flexibility index (Phi) is 5.44. The van der Waals surface area contributed by atoms with Crippen LogP contribution in [0.15, 0.2) is 6.20 Å². The number of hydrogen-bond acceptors (Lipinski definition) is 6. The van der Waals surface area contributed by atoms with E-state index < -0.39 is 28.2 Å². The second kappa shape index (κ2) is 7.77. The van der Waals surface area contributed by atoms with Gasteiger partial charge in [-0.25, -0.2) is 0 Å². The first-order chi connectivity index (χ1) is 14.2. The van der Waals surface area contributed by atoms with Gasteiger partial charge in [0.05, 0.1) is 17.3 Å². The Balaban J connectivity index is 1.62. The molecule has 1 amide bonds. The Hall–Kier alpha value is -2.26. The highest BCUT2D eigenvalue weighted by Gasteiger charge is 2.41. The van der Waals surface area contributed by atoms with Gasteiger partial charge in [0, 0.05) is 30.7 Å². The fourth-order valence-electron chi connectivity index (χ4n) is 4.24. The Morgan fingerprint density at radius 2 is 2.10 bits per heavy atom. The normalized spacial score (nSPS) is 23.5. The number of rotatable bonds is 3. The van der Waals surface area contributed by atoms with Crippen molar-refractivity contribution >= 4 is 32.5 Å². The number of amides is 1. The average Bonchev–Trinajstić information content (AvgIpc) is 3.21. The number of nitrogens with one attached hydrogen (secondary N) is 2. The van der Waals surface area contributed by atoms with Gasteiger partial charge in [-0.2, -0.15) is 27.8 Å². The van der Waals surface area contributed by atoms with Crippen LogP contribution < -0.4 is 10.0 Å². The smallest absolute Gasteiger partial charge is 0.280 e. The number of carbonyl (C=O) groups excluding carboxylic acids is 1. The summed E-state index contributed by atoms with van der Waals surface area (Å²) in [7, 11) is -0.684. The minimum absolute atomic E-state index is 0.265. The summed E-state index contributed by atoms with van der Waals surface area (Å²) in [5.41, 5.74) is 3.00. The van der Waals surface area contributed by atoms with E-state index in [4.69, 9.17) is 0 Å². The van der Waals surface area contributed by atoms with Crippen molar-refractivity contribution < 1.29 is 13.2 Å². The van der Waals surface area contributed by atoms with E-state index in [2.05, 4.69) is 21.2 Å².